The summed E-state index contributed by atoms with van der Waals surface area (Å²) in [6.45, 7) is 0.0754. The zero-order valence-corrected chi connectivity index (χ0v) is 22.7. The normalized spacial score (nSPS) is 19.0. The van der Waals surface area contributed by atoms with Crippen LogP contribution in [0, 0.1) is 0 Å². The van der Waals surface area contributed by atoms with Gasteiger partial charge in [0.25, 0.3) is 0 Å². The Balaban J connectivity index is 1.32. The number of hydrogen-bond acceptors (Lipinski definition) is 8. The van der Waals surface area contributed by atoms with Gasteiger partial charge in [0.2, 0.25) is 5.91 Å². The lowest BCUT2D eigenvalue weighted by Crippen LogP contribution is -2.68. The Morgan fingerprint density at radius 1 is 1.18 bits per heavy atom. The topological polar surface area (TPSA) is 95.0 Å². The second kappa shape index (κ2) is 10.2. The third kappa shape index (κ3) is 4.33. The molecule has 0 saturated carbocycles. The van der Waals surface area contributed by atoms with Crippen molar-refractivity contribution in [3.63, 3.8) is 0 Å². The van der Waals surface area contributed by atoms with E-state index < -0.39 is 12.0 Å². The van der Waals surface area contributed by atoms with Crippen molar-refractivity contribution in [2.24, 2.45) is 5.73 Å². The first kappa shape index (κ1) is 25.2. The first-order valence-corrected chi connectivity index (χ1v) is 14.3. The van der Waals surface area contributed by atoms with Gasteiger partial charge in [-0.2, -0.15) is 0 Å². The number of ether oxygens (including phenoxy) is 2. The molecular formula is C28H23ClN2O5S2. The van der Waals surface area contributed by atoms with Crippen LogP contribution in [0.5, 0.6) is 5.75 Å². The van der Waals surface area contributed by atoms with Crippen molar-refractivity contribution < 1.29 is 23.5 Å². The van der Waals surface area contributed by atoms with Gasteiger partial charge in [-0.05, 0) is 35.9 Å². The average molecular weight is 567 g/mol. The summed E-state index contributed by atoms with van der Waals surface area (Å²) < 4.78 is 16.9. The van der Waals surface area contributed by atoms with Gasteiger partial charge in [0.15, 0.2) is 0 Å². The summed E-state index contributed by atoms with van der Waals surface area (Å²) in [7, 11) is 1.59. The van der Waals surface area contributed by atoms with Crippen LogP contribution < -0.4 is 10.5 Å². The number of alkyl halides is 1. The molecule has 0 unspecified atom stereocenters. The van der Waals surface area contributed by atoms with Crippen molar-refractivity contribution in [1.29, 1.82) is 0 Å². The fraction of sp³-hybridized carbons (Fsp3) is 0.214. The van der Waals surface area contributed by atoms with Gasteiger partial charge in [0.05, 0.1) is 13.0 Å². The molecule has 3 heterocycles. The first-order valence-electron chi connectivity index (χ1n) is 11.9. The molecule has 3 aromatic carbocycles. The molecule has 38 heavy (non-hydrogen) atoms. The maximum absolute atomic E-state index is 13.4. The molecule has 7 nitrogen and oxygen atoms in total. The van der Waals surface area contributed by atoms with Gasteiger partial charge >= 0.3 is 5.97 Å². The molecule has 2 N–H and O–H groups in total. The summed E-state index contributed by atoms with van der Waals surface area (Å²) in [4.78, 5) is 29.2. The summed E-state index contributed by atoms with van der Waals surface area (Å²) in [6.07, 6.45) is 0. The van der Waals surface area contributed by atoms with Crippen LogP contribution in [0.15, 0.2) is 80.6 Å². The Morgan fingerprint density at radius 3 is 2.76 bits per heavy atom. The Kier molecular flexibility index (Phi) is 6.77. The van der Waals surface area contributed by atoms with Gasteiger partial charge in [0, 0.05) is 31.9 Å². The third-order valence-corrected chi connectivity index (χ3v) is 9.48. The number of para-hydroxylation sites is 1. The number of carbonyl (C=O) groups is 2. The van der Waals surface area contributed by atoms with E-state index in [1.807, 2.05) is 48.5 Å². The number of fused-ring (bicyclic) bond motifs is 4. The fourth-order valence-corrected chi connectivity index (χ4v) is 7.31. The monoisotopic (exact) mass is 566 g/mol. The Labute approximate surface area is 232 Å². The molecule has 194 valence electrons. The molecule has 0 aliphatic carbocycles. The highest BCUT2D eigenvalue weighted by Gasteiger charge is 2.52. The van der Waals surface area contributed by atoms with Crippen LogP contribution in [0.1, 0.15) is 11.1 Å². The number of methoxy groups -OCH3 is 1. The van der Waals surface area contributed by atoms with Crippen LogP contribution in [0.25, 0.3) is 21.9 Å². The van der Waals surface area contributed by atoms with Crippen LogP contribution in [0.4, 0.5) is 0 Å². The van der Waals surface area contributed by atoms with Crippen molar-refractivity contribution in [1.82, 2.24) is 4.90 Å². The van der Waals surface area contributed by atoms with E-state index in [9.17, 15) is 9.59 Å². The average Bonchev–Trinajstić information content (AvgIpc) is 3.33. The van der Waals surface area contributed by atoms with E-state index in [0.717, 1.165) is 48.6 Å². The van der Waals surface area contributed by atoms with Crippen molar-refractivity contribution in [2.75, 3.05) is 12.9 Å². The second-order valence-corrected chi connectivity index (χ2v) is 11.5. The molecule has 1 aromatic heterocycles. The number of carbonyl (C=O) groups excluding carboxylic acids is 2. The number of benzene rings is 3. The highest BCUT2D eigenvalue weighted by Crippen LogP contribution is 2.45. The molecule has 2 aliphatic heterocycles. The number of furan rings is 1. The van der Waals surface area contributed by atoms with Crippen LogP contribution in [0.2, 0.25) is 0 Å². The molecule has 1 fully saturated rings. The number of nitrogens with zero attached hydrogens (tertiary/aromatic N) is 1. The highest BCUT2D eigenvalue weighted by molar-refractivity contribution is 8.06. The van der Waals surface area contributed by atoms with E-state index in [0.29, 0.717) is 11.6 Å². The summed E-state index contributed by atoms with van der Waals surface area (Å²) in [5.41, 5.74) is 9.58. The number of thioether (sulfide) groups is 2. The number of nitrogens with two attached hydrogens (primary N) is 1. The van der Waals surface area contributed by atoms with E-state index >= 15 is 0 Å². The molecule has 4 aromatic rings. The summed E-state index contributed by atoms with van der Waals surface area (Å²) in [5, 5.41) is 1.67. The van der Waals surface area contributed by atoms with Gasteiger partial charge in [-0.1, -0.05) is 42.1 Å². The number of halogens is 1. The van der Waals surface area contributed by atoms with Gasteiger partial charge in [0.1, 0.15) is 40.6 Å². The predicted molar refractivity (Wildman–Crippen MR) is 150 cm³/mol. The zero-order valence-electron chi connectivity index (χ0n) is 20.3. The fourth-order valence-electron chi connectivity index (χ4n) is 4.64. The minimum atomic E-state index is -0.624. The molecule has 2 atom stereocenters. The lowest BCUT2D eigenvalue weighted by molar-refractivity contribution is -0.151. The molecule has 1 saturated heterocycles. The molecule has 0 spiro atoms. The second-order valence-electron chi connectivity index (χ2n) is 8.92. The lowest BCUT2D eigenvalue weighted by atomic mass is 10.1. The molecular weight excluding hydrogens is 544 g/mol. The molecule has 1 amide bonds. The van der Waals surface area contributed by atoms with Gasteiger partial charge < -0.3 is 19.6 Å². The molecule has 2 aliphatic rings. The summed E-state index contributed by atoms with van der Waals surface area (Å²) in [5.74, 6) is 0.797. The van der Waals surface area contributed by atoms with E-state index in [1.165, 1.54) is 16.7 Å². The van der Waals surface area contributed by atoms with Crippen molar-refractivity contribution in [3.8, 4) is 5.75 Å². The van der Waals surface area contributed by atoms with E-state index in [-0.39, 0.29) is 23.6 Å². The highest BCUT2D eigenvalue weighted by atomic mass is 35.5. The van der Waals surface area contributed by atoms with Crippen LogP contribution >= 0.6 is 35.1 Å². The molecule has 6 rings (SSSR count). The quantitative estimate of drug-likeness (QED) is 0.175. The van der Waals surface area contributed by atoms with E-state index in [1.54, 1.807) is 31.0 Å². The molecule has 10 heteroatoms. The van der Waals surface area contributed by atoms with Gasteiger partial charge in [-0.15, -0.1) is 23.4 Å². The maximum Gasteiger partial charge on any atom is 0.356 e. The summed E-state index contributed by atoms with van der Waals surface area (Å²) in [6, 6.07) is 18.5. The smallest absolute Gasteiger partial charge is 0.356 e. The van der Waals surface area contributed by atoms with Crippen molar-refractivity contribution >= 4 is 68.9 Å². The largest absolute Gasteiger partial charge is 0.497 e. The summed E-state index contributed by atoms with van der Waals surface area (Å²) >= 11 is 9.11. The van der Waals surface area contributed by atoms with E-state index in [4.69, 9.17) is 31.2 Å². The van der Waals surface area contributed by atoms with Crippen molar-refractivity contribution in [2.45, 2.75) is 28.8 Å². The number of esters is 1. The van der Waals surface area contributed by atoms with Gasteiger partial charge in [-0.3, -0.25) is 9.69 Å². The van der Waals surface area contributed by atoms with Crippen molar-refractivity contribution in [3.05, 3.63) is 82.4 Å². The van der Waals surface area contributed by atoms with Gasteiger partial charge in [-0.25, -0.2) is 4.79 Å². The SMILES string of the molecule is COc1ccc(COC(=O)C2=C(Sc3ccc4oc5c(CCl)cccc5c4c3)CS[C@H]3[C@H](N)C(=O)N23)cc1. The number of hydrogen-bond donors (Lipinski definition) is 1. The van der Waals surface area contributed by atoms with E-state index in [2.05, 4.69) is 0 Å². The van der Waals surface area contributed by atoms with Crippen LogP contribution in [0.3, 0.4) is 0 Å². The maximum atomic E-state index is 13.4. The molecule has 0 radical (unpaired) electrons. The van der Waals surface area contributed by atoms with Crippen LogP contribution in [-0.4, -0.2) is 41.1 Å². The standard InChI is InChI=1S/C28H23ClN2O5S2/c1-34-17-7-5-15(6-8-17)13-35-28(33)24-22(14-37-27-23(30)26(32)31(24)27)38-18-9-10-21-20(11-18)19-4-2-3-16(12-29)25(19)36-21/h2-11,23,27H,12-14,30H2,1H3/t23-,27+/m1/s1. The minimum absolute atomic E-state index is 0.0754. The predicted octanol–water partition coefficient (Wildman–Crippen LogP) is 5.62. The third-order valence-electron chi connectivity index (χ3n) is 6.63. The minimum Gasteiger partial charge on any atom is -0.497 e. The first-order chi connectivity index (χ1) is 18.5. The Morgan fingerprint density at radius 2 is 2.00 bits per heavy atom. The van der Waals surface area contributed by atoms with Crippen LogP contribution in [-0.2, 0) is 26.8 Å². The number of β-lactam (4-membered cyclic amide) rings is 1. The number of amides is 1. The Hall–Kier alpha value is -3.11. The molecule has 0 bridgehead atoms. The Bertz CT molecular complexity index is 1600. The lowest BCUT2D eigenvalue weighted by Gasteiger charge is -2.48. The zero-order chi connectivity index (χ0) is 26.4. The number of rotatable bonds is 7.